The topological polar surface area (TPSA) is 38.9 Å². The van der Waals surface area contributed by atoms with Crippen LogP contribution in [0.25, 0.3) is 22.6 Å². The van der Waals surface area contributed by atoms with Crippen molar-refractivity contribution in [3.8, 4) is 11.5 Å². The summed E-state index contributed by atoms with van der Waals surface area (Å²) in [4.78, 5) is 0. The molecule has 0 amide bonds. The Kier molecular flexibility index (Phi) is 4.36. The Hall–Kier alpha value is -1.98. The highest BCUT2D eigenvalue weighted by Gasteiger charge is 2.13. The van der Waals surface area contributed by atoms with Crippen LogP contribution in [0, 0.1) is 5.82 Å². The number of nitrogens with zero attached hydrogens (tertiary/aromatic N) is 2. The van der Waals surface area contributed by atoms with Gasteiger partial charge in [-0.2, -0.15) is 0 Å². The smallest absolute Gasteiger partial charge is 0.259 e. The number of benzene rings is 2. The molecule has 1 heterocycles. The predicted octanol–water partition coefficient (Wildman–Crippen LogP) is 5.38. The van der Waals surface area contributed by atoms with Crippen LogP contribution in [0.15, 0.2) is 57.4 Å². The number of hydrogen-bond donors (Lipinski definition) is 0. The van der Waals surface area contributed by atoms with Gasteiger partial charge in [-0.1, -0.05) is 35.9 Å². The molecule has 22 heavy (non-hydrogen) atoms. The molecule has 3 aromatic rings. The maximum atomic E-state index is 12.9. The number of halogens is 3. The normalized spacial score (nSPS) is 11.7. The maximum absolute atomic E-state index is 12.9. The third kappa shape index (κ3) is 3.26. The Morgan fingerprint density at radius 1 is 1.09 bits per heavy atom. The molecule has 0 spiro atoms. The quantitative estimate of drug-likeness (QED) is 0.613. The zero-order valence-electron chi connectivity index (χ0n) is 11.1. The monoisotopic (exact) mass is 378 g/mol. The lowest BCUT2D eigenvalue weighted by atomic mass is 10.2. The fourth-order valence-corrected chi connectivity index (χ4v) is 2.49. The summed E-state index contributed by atoms with van der Waals surface area (Å²) in [5.41, 5.74) is 1.53. The van der Waals surface area contributed by atoms with Gasteiger partial charge in [-0.25, -0.2) is 4.39 Å². The summed E-state index contributed by atoms with van der Waals surface area (Å²) in [6, 6.07) is 13.5. The van der Waals surface area contributed by atoms with Crippen molar-refractivity contribution in [2.45, 2.75) is 0 Å². The lowest BCUT2D eigenvalue weighted by Gasteiger charge is -1.97. The van der Waals surface area contributed by atoms with E-state index >= 15 is 0 Å². The molecule has 1 aromatic heterocycles. The van der Waals surface area contributed by atoms with Gasteiger partial charge in [0, 0.05) is 4.47 Å². The molecule has 0 aliphatic heterocycles. The highest BCUT2D eigenvalue weighted by molar-refractivity contribution is 9.10. The van der Waals surface area contributed by atoms with Gasteiger partial charge in [0.05, 0.1) is 5.56 Å². The van der Waals surface area contributed by atoms with Crippen molar-refractivity contribution in [2.24, 2.45) is 0 Å². The molecule has 0 aliphatic carbocycles. The summed E-state index contributed by atoms with van der Waals surface area (Å²) in [6.07, 6.45) is 1.64. The van der Waals surface area contributed by atoms with Gasteiger partial charge in [0.25, 0.3) is 5.89 Å². The van der Waals surface area contributed by atoms with Gasteiger partial charge < -0.3 is 4.42 Å². The van der Waals surface area contributed by atoms with E-state index in [4.69, 9.17) is 16.0 Å². The Balaban J connectivity index is 1.90. The third-order valence-electron chi connectivity index (χ3n) is 2.90. The molecule has 3 nitrogen and oxygen atoms in total. The van der Waals surface area contributed by atoms with Crippen LogP contribution in [0.5, 0.6) is 0 Å². The molecule has 0 radical (unpaired) electrons. The molecule has 0 fully saturated rings. The predicted molar refractivity (Wildman–Crippen MR) is 87.6 cm³/mol. The van der Waals surface area contributed by atoms with E-state index in [9.17, 15) is 4.39 Å². The summed E-state index contributed by atoms with van der Waals surface area (Å²) in [7, 11) is 0. The first-order valence-corrected chi connectivity index (χ1v) is 7.52. The molecule has 3 rings (SSSR count). The maximum Gasteiger partial charge on any atom is 0.259 e. The first-order valence-electron chi connectivity index (χ1n) is 6.35. The highest BCUT2D eigenvalue weighted by atomic mass is 79.9. The van der Waals surface area contributed by atoms with Crippen molar-refractivity contribution in [3.63, 3.8) is 0 Å². The summed E-state index contributed by atoms with van der Waals surface area (Å²) >= 11 is 9.61. The molecular formula is C16H9BrClFN2O. The van der Waals surface area contributed by atoms with E-state index in [0.717, 1.165) is 15.6 Å². The van der Waals surface area contributed by atoms with Crippen LogP contribution in [-0.4, -0.2) is 10.2 Å². The second-order valence-electron chi connectivity index (χ2n) is 4.44. The van der Waals surface area contributed by atoms with Crippen LogP contribution in [0.1, 0.15) is 11.5 Å². The molecule has 0 N–H and O–H groups in total. The Bertz CT molecular complexity index is 830. The van der Waals surface area contributed by atoms with Crippen LogP contribution < -0.4 is 0 Å². The highest BCUT2D eigenvalue weighted by Crippen LogP contribution is 2.29. The van der Waals surface area contributed by atoms with Crippen molar-refractivity contribution >= 4 is 38.6 Å². The SMILES string of the molecule is Fc1ccc(/C=C(\Cl)c2nnc(-c3ccccc3Br)o2)cc1. The standard InChI is InChI=1S/C16H9BrClFN2O/c17-13-4-2-1-3-12(13)15-20-21-16(22-15)14(18)9-10-5-7-11(19)8-6-10/h1-9H/b14-9-. The summed E-state index contributed by atoms with van der Waals surface area (Å²) in [5.74, 6) is 0.271. The fraction of sp³-hybridized carbons (Fsp3) is 0. The third-order valence-corrected chi connectivity index (χ3v) is 3.86. The van der Waals surface area contributed by atoms with Crippen molar-refractivity contribution in [2.75, 3.05) is 0 Å². The zero-order chi connectivity index (χ0) is 15.5. The average Bonchev–Trinajstić information content (AvgIpc) is 3.00. The second-order valence-corrected chi connectivity index (χ2v) is 5.70. The van der Waals surface area contributed by atoms with Crippen molar-refractivity contribution in [1.82, 2.24) is 10.2 Å². The van der Waals surface area contributed by atoms with Gasteiger partial charge >= 0.3 is 0 Å². The average molecular weight is 380 g/mol. The molecule has 0 saturated carbocycles. The Morgan fingerprint density at radius 3 is 2.55 bits per heavy atom. The van der Waals surface area contributed by atoms with E-state index in [1.807, 2.05) is 24.3 Å². The van der Waals surface area contributed by atoms with Gasteiger partial charge in [0.15, 0.2) is 0 Å². The summed E-state index contributed by atoms with van der Waals surface area (Å²) in [5, 5.41) is 8.22. The minimum Gasteiger partial charge on any atom is -0.415 e. The molecule has 0 aliphatic rings. The Morgan fingerprint density at radius 2 is 1.82 bits per heavy atom. The van der Waals surface area contributed by atoms with Crippen molar-refractivity contribution in [1.29, 1.82) is 0 Å². The van der Waals surface area contributed by atoms with Gasteiger partial charge in [-0.05, 0) is 51.8 Å². The molecule has 0 atom stereocenters. The fourth-order valence-electron chi connectivity index (χ4n) is 1.83. The lowest BCUT2D eigenvalue weighted by Crippen LogP contribution is -1.79. The van der Waals surface area contributed by atoms with Crippen LogP contribution in [0.4, 0.5) is 4.39 Å². The molecule has 6 heteroatoms. The van der Waals surface area contributed by atoms with Crippen molar-refractivity contribution in [3.05, 3.63) is 70.3 Å². The first-order chi connectivity index (χ1) is 10.6. The summed E-state index contributed by atoms with van der Waals surface area (Å²) in [6.45, 7) is 0. The second kappa shape index (κ2) is 6.42. The van der Waals surface area contributed by atoms with Gasteiger partial charge in [-0.15, -0.1) is 10.2 Å². The zero-order valence-corrected chi connectivity index (χ0v) is 13.5. The van der Waals surface area contributed by atoms with E-state index in [1.54, 1.807) is 18.2 Å². The first kappa shape index (κ1) is 14.9. The lowest BCUT2D eigenvalue weighted by molar-refractivity contribution is 0.556. The number of aromatic nitrogens is 2. The summed E-state index contributed by atoms with van der Waals surface area (Å²) < 4.78 is 19.3. The minimum atomic E-state index is -0.303. The molecule has 110 valence electrons. The van der Waals surface area contributed by atoms with E-state index in [-0.39, 0.29) is 16.7 Å². The van der Waals surface area contributed by atoms with Crippen LogP contribution in [0.2, 0.25) is 0 Å². The number of rotatable bonds is 3. The van der Waals surface area contributed by atoms with Gasteiger partial charge in [0.2, 0.25) is 5.89 Å². The van der Waals surface area contributed by atoms with E-state index in [1.165, 1.54) is 12.1 Å². The van der Waals surface area contributed by atoms with E-state index in [2.05, 4.69) is 26.1 Å². The molecular weight excluding hydrogens is 371 g/mol. The minimum absolute atomic E-state index is 0.205. The molecule has 0 unspecified atom stereocenters. The van der Waals surface area contributed by atoms with Gasteiger partial charge in [-0.3, -0.25) is 0 Å². The van der Waals surface area contributed by atoms with Crippen LogP contribution in [0.3, 0.4) is 0 Å². The van der Waals surface area contributed by atoms with Gasteiger partial charge in [0.1, 0.15) is 10.8 Å². The van der Waals surface area contributed by atoms with Crippen molar-refractivity contribution < 1.29 is 8.81 Å². The van der Waals surface area contributed by atoms with E-state index in [0.29, 0.717) is 5.89 Å². The number of hydrogen-bond acceptors (Lipinski definition) is 3. The largest absolute Gasteiger partial charge is 0.415 e. The Labute approximate surface area is 139 Å². The molecule has 0 bridgehead atoms. The molecule has 0 saturated heterocycles. The van der Waals surface area contributed by atoms with Crippen LogP contribution in [-0.2, 0) is 0 Å². The van der Waals surface area contributed by atoms with Crippen LogP contribution >= 0.6 is 27.5 Å². The molecule has 2 aromatic carbocycles. The van der Waals surface area contributed by atoms with E-state index < -0.39 is 0 Å².